The van der Waals surface area contributed by atoms with Crippen molar-refractivity contribution in [2.24, 2.45) is 0 Å². The van der Waals surface area contributed by atoms with Gasteiger partial charge in [0.15, 0.2) is 0 Å². The van der Waals surface area contributed by atoms with Crippen LogP contribution in [0.4, 0.5) is 0 Å². The standard InChI is InChI=1S/C17H14N4O/c18-10-13-3-5-14(6-4-13)16(22)12-21-9-8-20-17(21)15-2-1-7-19-11-15/h1-9,11,16,22H,12H2. The molecule has 3 aromatic rings. The molecule has 0 radical (unpaired) electrons. The van der Waals surface area contributed by atoms with Crippen LogP contribution in [0.25, 0.3) is 11.4 Å². The Morgan fingerprint density at radius 2 is 2.00 bits per heavy atom. The van der Waals surface area contributed by atoms with Gasteiger partial charge < -0.3 is 9.67 Å². The van der Waals surface area contributed by atoms with Crippen LogP contribution in [0.2, 0.25) is 0 Å². The van der Waals surface area contributed by atoms with Gasteiger partial charge in [-0.1, -0.05) is 12.1 Å². The molecule has 0 spiro atoms. The van der Waals surface area contributed by atoms with Crippen LogP contribution in [0.15, 0.2) is 61.2 Å². The van der Waals surface area contributed by atoms with Gasteiger partial charge in [-0.05, 0) is 29.8 Å². The molecule has 1 N–H and O–H groups in total. The number of rotatable bonds is 4. The Balaban J connectivity index is 1.81. The zero-order chi connectivity index (χ0) is 15.4. The molecule has 0 saturated heterocycles. The van der Waals surface area contributed by atoms with Crippen LogP contribution in [0.1, 0.15) is 17.2 Å². The van der Waals surface area contributed by atoms with Gasteiger partial charge in [-0.2, -0.15) is 5.26 Å². The largest absolute Gasteiger partial charge is 0.387 e. The van der Waals surface area contributed by atoms with E-state index in [9.17, 15) is 5.11 Å². The number of nitrogens with zero attached hydrogens (tertiary/aromatic N) is 4. The van der Waals surface area contributed by atoms with Gasteiger partial charge in [0, 0.05) is 30.4 Å². The molecule has 1 unspecified atom stereocenters. The fraction of sp³-hybridized carbons (Fsp3) is 0.118. The van der Waals surface area contributed by atoms with Crippen molar-refractivity contribution in [1.29, 1.82) is 5.26 Å². The molecule has 2 aromatic heterocycles. The zero-order valence-electron chi connectivity index (χ0n) is 11.8. The summed E-state index contributed by atoms with van der Waals surface area (Å²) in [7, 11) is 0. The lowest BCUT2D eigenvalue weighted by atomic mass is 10.1. The Kier molecular flexibility index (Phi) is 3.95. The molecule has 2 heterocycles. The molecule has 22 heavy (non-hydrogen) atoms. The molecule has 0 aliphatic carbocycles. The topological polar surface area (TPSA) is 74.7 Å². The van der Waals surface area contributed by atoms with E-state index in [-0.39, 0.29) is 0 Å². The molecule has 108 valence electrons. The summed E-state index contributed by atoms with van der Waals surface area (Å²) in [4.78, 5) is 8.42. The Hall–Kier alpha value is -2.97. The molecule has 5 nitrogen and oxygen atoms in total. The number of pyridine rings is 1. The Bertz CT molecular complexity index is 788. The van der Waals surface area contributed by atoms with Crippen molar-refractivity contribution >= 4 is 0 Å². The van der Waals surface area contributed by atoms with Gasteiger partial charge in [0.1, 0.15) is 5.82 Å². The molecular weight excluding hydrogens is 276 g/mol. The highest BCUT2D eigenvalue weighted by atomic mass is 16.3. The number of aliphatic hydroxyl groups is 1. The highest BCUT2D eigenvalue weighted by molar-refractivity contribution is 5.53. The van der Waals surface area contributed by atoms with E-state index in [1.807, 2.05) is 22.9 Å². The number of aliphatic hydroxyl groups excluding tert-OH is 1. The lowest BCUT2D eigenvalue weighted by Gasteiger charge is -2.14. The van der Waals surface area contributed by atoms with E-state index in [4.69, 9.17) is 5.26 Å². The first-order chi connectivity index (χ1) is 10.8. The lowest BCUT2D eigenvalue weighted by Crippen LogP contribution is -2.09. The summed E-state index contributed by atoms with van der Waals surface area (Å²) >= 11 is 0. The van der Waals surface area contributed by atoms with Gasteiger partial charge in [0.05, 0.1) is 24.3 Å². The van der Waals surface area contributed by atoms with E-state index >= 15 is 0 Å². The third-order valence-electron chi connectivity index (χ3n) is 3.43. The van der Waals surface area contributed by atoms with Gasteiger partial charge in [0.25, 0.3) is 0 Å². The van der Waals surface area contributed by atoms with Crippen molar-refractivity contribution in [3.05, 3.63) is 72.3 Å². The van der Waals surface area contributed by atoms with Crippen molar-refractivity contribution in [3.8, 4) is 17.5 Å². The molecule has 0 aliphatic heterocycles. The van der Waals surface area contributed by atoms with Gasteiger partial charge in [0.2, 0.25) is 0 Å². The Morgan fingerprint density at radius 3 is 2.68 bits per heavy atom. The van der Waals surface area contributed by atoms with Gasteiger partial charge in [-0.25, -0.2) is 4.98 Å². The summed E-state index contributed by atoms with van der Waals surface area (Å²) < 4.78 is 1.89. The van der Waals surface area contributed by atoms with Crippen molar-refractivity contribution in [1.82, 2.24) is 14.5 Å². The maximum absolute atomic E-state index is 10.4. The first kappa shape index (κ1) is 14.0. The predicted octanol–water partition coefficient (Wildman–Crippen LogP) is 2.55. The minimum atomic E-state index is -0.669. The fourth-order valence-electron chi connectivity index (χ4n) is 2.28. The number of hydrogen-bond acceptors (Lipinski definition) is 4. The Labute approximate surface area is 128 Å². The first-order valence-electron chi connectivity index (χ1n) is 6.87. The third-order valence-corrected chi connectivity index (χ3v) is 3.43. The molecule has 0 aliphatic rings. The first-order valence-corrected chi connectivity index (χ1v) is 6.87. The van der Waals surface area contributed by atoms with E-state index < -0.39 is 6.10 Å². The van der Waals surface area contributed by atoms with Crippen molar-refractivity contribution in [2.75, 3.05) is 0 Å². The number of benzene rings is 1. The van der Waals surface area contributed by atoms with Crippen LogP contribution in [-0.4, -0.2) is 19.6 Å². The second-order valence-corrected chi connectivity index (χ2v) is 4.89. The summed E-state index contributed by atoms with van der Waals surface area (Å²) in [5, 5.41) is 19.2. The van der Waals surface area contributed by atoms with Crippen molar-refractivity contribution in [3.63, 3.8) is 0 Å². The van der Waals surface area contributed by atoms with Crippen LogP contribution in [-0.2, 0) is 6.54 Å². The van der Waals surface area contributed by atoms with Crippen molar-refractivity contribution in [2.45, 2.75) is 12.6 Å². The monoisotopic (exact) mass is 290 g/mol. The summed E-state index contributed by atoms with van der Waals surface area (Å²) in [6.07, 6.45) is 6.32. The summed E-state index contributed by atoms with van der Waals surface area (Å²) in [5.41, 5.74) is 2.25. The average Bonchev–Trinajstić information content (AvgIpc) is 3.04. The van der Waals surface area contributed by atoms with E-state index in [1.165, 1.54) is 0 Å². The van der Waals surface area contributed by atoms with Crippen LogP contribution in [0.3, 0.4) is 0 Å². The maximum Gasteiger partial charge on any atom is 0.141 e. The normalized spacial score (nSPS) is 11.8. The van der Waals surface area contributed by atoms with Crippen LogP contribution >= 0.6 is 0 Å². The number of nitriles is 1. The average molecular weight is 290 g/mol. The van der Waals surface area contributed by atoms with E-state index in [1.54, 1.807) is 42.9 Å². The summed E-state index contributed by atoms with van der Waals surface area (Å²) in [6.45, 7) is 0.385. The number of imidazole rings is 1. The third kappa shape index (κ3) is 2.87. The summed E-state index contributed by atoms with van der Waals surface area (Å²) in [5.74, 6) is 0.765. The summed E-state index contributed by atoms with van der Waals surface area (Å²) in [6, 6.07) is 12.8. The molecule has 0 amide bonds. The second kappa shape index (κ2) is 6.20. The van der Waals surface area contributed by atoms with Gasteiger partial charge >= 0.3 is 0 Å². The van der Waals surface area contributed by atoms with Crippen LogP contribution in [0, 0.1) is 11.3 Å². The van der Waals surface area contributed by atoms with E-state index in [2.05, 4.69) is 16.0 Å². The van der Waals surface area contributed by atoms with E-state index in [0.29, 0.717) is 12.1 Å². The molecule has 1 aromatic carbocycles. The quantitative estimate of drug-likeness (QED) is 0.801. The van der Waals surface area contributed by atoms with Crippen molar-refractivity contribution < 1.29 is 5.11 Å². The van der Waals surface area contributed by atoms with E-state index in [0.717, 1.165) is 17.0 Å². The van der Waals surface area contributed by atoms with Crippen LogP contribution < -0.4 is 0 Å². The second-order valence-electron chi connectivity index (χ2n) is 4.89. The molecule has 0 bridgehead atoms. The molecule has 0 fully saturated rings. The molecule has 1 atom stereocenters. The van der Waals surface area contributed by atoms with Gasteiger partial charge in [-0.15, -0.1) is 0 Å². The minimum Gasteiger partial charge on any atom is -0.387 e. The molecular formula is C17H14N4O. The minimum absolute atomic E-state index is 0.385. The highest BCUT2D eigenvalue weighted by Gasteiger charge is 2.12. The number of aromatic nitrogens is 3. The highest BCUT2D eigenvalue weighted by Crippen LogP contribution is 2.21. The molecule has 3 rings (SSSR count). The predicted molar refractivity (Wildman–Crippen MR) is 81.6 cm³/mol. The SMILES string of the molecule is N#Cc1ccc(C(O)Cn2ccnc2-c2cccnc2)cc1. The zero-order valence-corrected chi connectivity index (χ0v) is 11.8. The maximum atomic E-state index is 10.4. The van der Waals surface area contributed by atoms with Crippen LogP contribution in [0.5, 0.6) is 0 Å². The lowest BCUT2D eigenvalue weighted by molar-refractivity contribution is 0.157. The molecule has 0 saturated carbocycles. The number of hydrogen-bond donors (Lipinski definition) is 1. The molecule has 5 heteroatoms. The fourth-order valence-corrected chi connectivity index (χ4v) is 2.28. The smallest absolute Gasteiger partial charge is 0.141 e. The Morgan fingerprint density at radius 1 is 1.18 bits per heavy atom. The van der Waals surface area contributed by atoms with Gasteiger partial charge in [-0.3, -0.25) is 4.98 Å².